The zero-order chi connectivity index (χ0) is 45.3. The van der Waals surface area contributed by atoms with Crippen LogP contribution < -0.4 is 26.0 Å². The molecule has 3 aromatic carbocycles. The number of nitrogens with zero attached hydrogens (tertiary/aromatic N) is 3. The maximum absolute atomic E-state index is 13.3. The summed E-state index contributed by atoms with van der Waals surface area (Å²) >= 11 is 7.80. The molecule has 1 aromatic heterocycles. The number of nitriles is 1. The number of halogens is 1. The number of carbonyl (C=O) groups is 4. The van der Waals surface area contributed by atoms with Crippen molar-refractivity contribution in [3.8, 4) is 22.3 Å². The number of anilines is 1. The fourth-order valence-corrected chi connectivity index (χ4v) is 9.80. The fourth-order valence-electron chi connectivity index (χ4n) is 8.78. The number of unbranched alkanes of at least 4 members (excludes halogenated alkanes) is 2. The van der Waals surface area contributed by atoms with Gasteiger partial charge in [0, 0.05) is 66.9 Å². The van der Waals surface area contributed by atoms with E-state index >= 15 is 0 Å². The highest BCUT2D eigenvalue weighted by atomic mass is 35.5. The van der Waals surface area contributed by atoms with Crippen molar-refractivity contribution in [1.29, 1.82) is 5.26 Å². The van der Waals surface area contributed by atoms with E-state index in [4.69, 9.17) is 21.1 Å². The summed E-state index contributed by atoms with van der Waals surface area (Å²) in [5.74, 6) is -0.840. The Morgan fingerprint density at radius 1 is 0.984 bits per heavy atom. The average molecular weight is 899 g/mol. The Morgan fingerprint density at radius 2 is 1.71 bits per heavy atom. The van der Waals surface area contributed by atoms with Gasteiger partial charge in [-0.25, -0.2) is 4.98 Å². The smallest absolute Gasteiger partial charge is 0.251 e. The van der Waals surface area contributed by atoms with Gasteiger partial charge in [-0.15, -0.1) is 11.3 Å². The van der Waals surface area contributed by atoms with Crippen molar-refractivity contribution in [2.45, 2.75) is 91.1 Å². The van der Waals surface area contributed by atoms with Gasteiger partial charge in [-0.05, 0) is 73.7 Å². The van der Waals surface area contributed by atoms with E-state index in [2.05, 4.69) is 60.0 Å². The third kappa shape index (κ3) is 11.5. The standard InChI is InChI=1S/C47H56ClN7O7S/c1-29-41(63-28-53-29)31-11-9-30(10-12-31)24-52-43(60)38-21-35(56)26-55(38)40(58)25-51-39(57)27-61-20-8-6-7-19-50-34-16-13-32(14-17-34)42(59)54-44-46(2,3)45(47(44,4)5)62-36-18-15-33(23-49)37(48)22-36/h9-18,22,28,35,38,44-45,50,56H,6-8,19-21,24-27H2,1-5H3,(H,51,57)(H,52,60)(H,54,59)/t35-,38+,44-,45-/m1/s1. The highest BCUT2D eigenvalue weighted by molar-refractivity contribution is 7.13. The van der Waals surface area contributed by atoms with Gasteiger partial charge >= 0.3 is 0 Å². The number of carbonyl (C=O) groups excluding carboxylic acids is 4. The summed E-state index contributed by atoms with van der Waals surface area (Å²) in [7, 11) is 0. The van der Waals surface area contributed by atoms with Crippen molar-refractivity contribution in [2.24, 2.45) is 10.8 Å². The number of likely N-dealkylation sites (tertiary alicyclic amines) is 1. The number of ether oxygens (including phenoxy) is 2. The minimum absolute atomic E-state index is 0.0133. The molecular formula is C47H56ClN7O7S. The quantitative estimate of drug-likeness (QED) is 0.0672. The lowest BCUT2D eigenvalue weighted by molar-refractivity contribution is -0.164. The van der Waals surface area contributed by atoms with Gasteiger partial charge in [0.1, 0.15) is 30.6 Å². The molecule has 0 radical (unpaired) electrons. The number of hydrogen-bond acceptors (Lipinski definition) is 11. The predicted octanol–water partition coefficient (Wildman–Crippen LogP) is 6.25. The highest BCUT2D eigenvalue weighted by Gasteiger charge is 2.64. The van der Waals surface area contributed by atoms with Crippen LogP contribution in [0.3, 0.4) is 0 Å². The van der Waals surface area contributed by atoms with Crippen molar-refractivity contribution >= 4 is 52.3 Å². The van der Waals surface area contributed by atoms with E-state index in [1.807, 2.05) is 48.8 Å². The lowest BCUT2D eigenvalue weighted by Crippen LogP contribution is -2.74. The zero-order valence-electron chi connectivity index (χ0n) is 36.3. The lowest BCUT2D eigenvalue weighted by Gasteiger charge is -2.63. The van der Waals surface area contributed by atoms with Gasteiger partial charge in [0.2, 0.25) is 17.7 Å². The number of aliphatic hydroxyl groups is 1. The molecule has 14 nitrogen and oxygen atoms in total. The number of nitrogens with one attached hydrogen (secondary N) is 4. The average Bonchev–Trinajstić information content (AvgIpc) is 3.89. The topological polar surface area (TPSA) is 195 Å². The summed E-state index contributed by atoms with van der Waals surface area (Å²) < 4.78 is 11.9. The van der Waals surface area contributed by atoms with Crippen LogP contribution in [0.25, 0.3) is 10.4 Å². The first-order valence-electron chi connectivity index (χ1n) is 21.2. The number of amides is 4. The first-order chi connectivity index (χ1) is 30.1. The predicted molar refractivity (Wildman–Crippen MR) is 242 cm³/mol. The van der Waals surface area contributed by atoms with Gasteiger partial charge in [0.15, 0.2) is 0 Å². The van der Waals surface area contributed by atoms with Gasteiger partial charge in [-0.1, -0.05) is 63.6 Å². The first kappa shape index (κ1) is 47.0. The Bertz CT molecular complexity index is 2280. The molecule has 5 N–H and O–H groups in total. The van der Waals surface area contributed by atoms with Crippen molar-refractivity contribution in [3.05, 3.63) is 99.6 Å². The third-order valence-corrected chi connectivity index (χ3v) is 13.2. The molecule has 2 fully saturated rings. The molecular weight excluding hydrogens is 842 g/mol. The summed E-state index contributed by atoms with van der Waals surface area (Å²) in [4.78, 5) is 58.5. The maximum atomic E-state index is 13.3. The van der Waals surface area contributed by atoms with Crippen LogP contribution in [0, 0.1) is 29.1 Å². The van der Waals surface area contributed by atoms with Crippen molar-refractivity contribution in [2.75, 3.05) is 38.2 Å². The zero-order valence-corrected chi connectivity index (χ0v) is 37.9. The minimum atomic E-state index is -0.835. The lowest BCUT2D eigenvalue weighted by atomic mass is 9.49. The van der Waals surface area contributed by atoms with Crippen LogP contribution in [0.2, 0.25) is 5.02 Å². The molecule has 6 rings (SSSR count). The Labute approximate surface area is 377 Å². The van der Waals surface area contributed by atoms with E-state index in [-0.39, 0.29) is 67.5 Å². The number of rotatable bonds is 19. The molecule has 1 saturated carbocycles. The van der Waals surface area contributed by atoms with Gasteiger partial charge in [-0.2, -0.15) is 5.26 Å². The van der Waals surface area contributed by atoms with Crippen LogP contribution in [0.5, 0.6) is 5.75 Å². The second-order valence-corrected chi connectivity index (χ2v) is 18.6. The van der Waals surface area contributed by atoms with Crippen LogP contribution in [-0.4, -0.2) is 95.8 Å². The number of β-amino-alcohol motifs (C(OH)–C–C–N with tert-alkyl or cyclic N) is 1. The number of hydrogen-bond donors (Lipinski definition) is 5. The second-order valence-electron chi connectivity index (χ2n) is 17.3. The molecule has 2 atom stereocenters. The van der Waals surface area contributed by atoms with E-state index in [1.165, 1.54) is 4.90 Å². The number of aryl methyl sites for hydroxylation is 1. The maximum Gasteiger partial charge on any atom is 0.251 e. The second kappa shape index (κ2) is 20.8. The summed E-state index contributed by atoms with van der Waals surface area (Å²) in [6.07, 6.45) is 1.56. The van der Waals surface area contributed by atoms with Crippen molar-refractivity contribution in [1.82, 2.24) is 25.8 Å². The minimum Gasteiger partial charge on any atom is -0.489 e. The van der Waals surface area contributed by atoms with E-state index in [9.17, 15) is 29.5 Å². The van der Waals surface area contributed by atoms with Crippen molar-refractivity contribution < 1.29 is 33.8 Å². The van der Waals surface area contributed by atoms with Gasteiger partial charge in [0.25, 0.3) is 5.91 Å². The number of thiazole rings is 1. The molecule has 1 aliphatic carbocycles. The number of aliphatic hydroxyl groups excluding tert-OH is 1. The molecule has 63 heavy (non-hydrogen) atoms. The van der Waals surface area contributed by atoms with E-state index in [0.29, 0.717) is 28.5 Å². The Morgan fingerprint density at radius 3 is 2.38 bits per heavy atom. The fraction of sp³-hybridized carbons (Fsp3) is 0.447. The summed E-state index contributed by atoms with van der Waals surface area (Å²) in [6.45, 7) is 11.1. The molecule has 0 bridgehead atoms. The van der Waals surface area contributed by atoms with Crippen LogP contribution in [0.4, 0.5) is 5.69 Å². The van der Waals surface area contributed by atoms with Crippen molar-refractivity contribution in [3.63, 3.8) is 0 Å². The van der Waals surface area contributed by atoms with Gasteiger partial charge in [0.05, 0.1) is 39.3 Å². The van der Waals surface area contributed by atoms with E-state index < -0.39 is 24.0 Å². The van der Waals surface area contributed by atoms with Gasteiger partial charge < -0.3 is 40.7 Å². The van der Waals surface area contributed by atoms with Crippen LogP contribution >= 0.6 is 22.9 Å². The Balaban J connectivity index is 0.823. The van der Waals surface area contributed by atoms with Crippen LogP contribution in [0.15, 0.2) is 72.2 Å². The molecule has 2 heterocycles. The van der Waals surface area contributed by atoms with Gasteiger partial charge in [-0.3, -0.25) is 19.2 Å². The van der Waals surface area contributed by atoms with E-state index in [1.54, 1.807) is 41.7 Å². The van der Waals surface area contributed by atoms with Crippen LogP contribution in [0.1, 0.15) is 80.6 Å². The third-order valence-electron chi connectivity index (χ3n) is 11.9. The molecule has 4 amide bonds. The Hall–Kier alpha value is -5.53. The number of aromatic nitrogens is 1. The molecule has 2 aliphatic rings. The molecule has 0 spiro atoms. The Kier molecular flexibility index (Phi) is 15.5. The molecule has 0 unspecified atom stereocenters. The summed E-state index contributed by atoms with van der Waals surface area (Å²) in [6, 6.07) is 21.3. The largest absolute Gasteiger partial charge is 0.489 e. The van der Waals surface area contributed by atoms with E-state index in [0.717, 1.165) is 53.2 Å². The molecule has 4 aromatic rings. The molecule has 1 saturated heterocycles. The molecule has 16 heteroatoms. The highest BCUT2D eigenvalue weighted by Crippen LogP contribution is 2.55. The molecule has 334 valence electrons. The van der Waals surface area contributed by atoms with Crippen LogP contribution in [-0.2, 0) is 25.7 Å². The monoisotopic (exact) mass is 897 g/mol. The summed E-state index contributed by atoms with van der Waals surface area (Å²) in [5, 5.41) is 31.8. The molecule has 1 aliphatic heterocycles. The first-order valence-corrected chi connectivity index (χ1v) is 22.4. The normalized spacial score (nSPS) is 19.6. The summed E-state index contributed by atoms with van der Waals surface area (Å²) in [5.41, 5.74) is 5.82. The SMILES string of the molecule is Cc1ncsc1-c1ccc(CNC(=O)[C@@H]2C[C@@H](O)CN2C(=O)CNC(=O)COCCCCCNc2ccc(C(=O)N[C@H]3C(C)(C)[C@H](Oc4ccc(C#N)c(Cl)c4)C3(C)C)cc2)cc1. The number of benzene rings is 3.